The topological polar surface area (TPSA) is 65.7 Å². The number of aryl methyl sites for hydroxylation is 2. The van der Waals surface area contributed by atoms with Crippen LogP contribution >= 0.6 is 0 Å². The van der Waals surface area contributed by atoms with Crippen LogP contribution in [0, 0.1) is 0 Å². The first-order chi connectivity index (χ1) is 24.7. The molecule has 0 fully saturated rings. The van der Waals surface area contributed by atoms with E-state index in [0.717, 1.165) is 69.7 Å². The maximum absolute atomic E-state index is 6.44. The van der Waals surface area contributed by atoms with E-state index < -0.39 is 5.54 Å². The molecule has 0 unspecified atom stereocenters. The number of fused-ring (bicyclic) bond motifs is 1. The molecule has 7 aromatic rings. The minimum absolute atomic E-state index is 0.512. The van der Waals surface area contributed by atoms with Crippen LogP contribution in [0.3, 0.4) is 0 Å². The van der Waals surface area contributed by atoms with Crippen molar-refractivity contribution in [2.24, 2.45) is 0 Å². The van der Waals surface area contributed by atoms with Crippen LogP contribution in [-0.2, 0) is 31.4 Å². The van der Waals surface area contributed by atoms with Gasteiger partial charge in [0.2, 0.25) is 5.82 Å². The van der Waals surface area contributed by atoms with Crippen LogP contribution in [0.5, 0.6) is 5.75 Å². The van der Waals surface area contributed by atoms with Crippen molar-refractivity contribution in [2.45, 2.75) is 51.2 Å². The van der Waals surface area contributed by atoms with Gasteiger partial charge in [0.25, 0.3) is 0 Å². The maximum Gasteiger partial charge on any atom is 0.205 e. The fourth-order valence-corrected chi connectivity index (χ4v) is 7.25. The summed E-state index contributed by atoms with van der Waals surface area (Å²) in [4.78, 5) is 6.67. The van der Waals surface area contributed by atoms with Gasteiger partial charge in [0.1, 0.15) is 12.4 Å². The smallest absolute Gasteiger partial charge is 0.205 e. The molecule has 0 radical (unpaired) electrons. The first kappa shape index (κ1) is 31.4. The van der Waals surface area contributed by atoms with Crippen molar-refractivity contribution in [3.8, 4) is 28.3 Å². The lowest BCUT2D eigenvalue weighted by Crippen LogP contribution is -2.39. The van der Waals surface area contributed by atoms with E-state index in [1.807, 2.05) is 24.3 Å². The SMILES string of the molecule is CCc1cc(OCc2ccc(-c3ccccc3-c3nnn(C(c4ccccc4)(c4ccccc4)c4ccccc4)n3)cc2)c2c(n1)CCCC2. The highest BCUT2D eigenvalue weighted by Crippen LogP contribution is 2.40. The maximum atomic E-state index is 6.44. The van der Waals surface area contributed by atoms with Crippen LogP contribution in [-0.4, -0.2) is 25.2 Å². The molecule has 0 aliphatic heterocycles. The van der Waals surface area contributed by atoms with E-state index in [9.17, 15) is 0 Å². The molecular weight excluding hydrogens is 615 g/mol. The van der Waals surface area contributed by atoms with E-state index in [-0.39, 0.29) is 0 Å². The zero-order valence-corrected chi connectivity index (χ0v) is 28.2. The summed E-state index contributed by atoms with van der Waals surface area (Å²) in [7, 11) is 0. The van der Waals surface area contributed by atoms with Gasteiger partial charge in [0.05, 0.1) is 0 Å². The van der Waals surface area contributed by atoms with E-state index in [4.69, 9.17) is 25.1 Å². The van der Waals surface area contributed by atoms with Crippen LogP contribution in [0.1, 0.15) is 59.0 Å². The third-order valence-corrected chi connectivity index (χ3v) is 9.79. The molecule has 6 nitrogen and oxygen atoms in total. The third-order valence-electron chi connectivity index (χ3n) is 9.79. The second kappa shape index (κ2) is 13.9. The molecule has 50 heavy (non-hydrogen) atoms. The standard InChI is InChI=1S/C44H39N5O/c1-2-37-30-42(40-24-14-15-25-41(40)45-37)50-31-32-26-28-33(29-27-32)38-22-12-13-23-39(38)43-46-48-49(47-43)44(34-16-6-3-7-17-34,35-18-8-4-9-19-35)36-20-10-5-11-21-36/h3-13,16-23,26-30H,2,14-15,24-25,31H2,1H3. The number of pyridine rings is 1. The van der Waals surface area contributed by atoms with E-state index in [2.05, 4.69) is 128 Å². The largest absolute Gasteiger partial charge is 0.488 e. The quantitative estimate of drug-likeness (QED) is 0.138. The predicted molar refractivity (Wildman–Crippen MR) is 198 cm³/mol. The number of hydrogen-bond acceptors (Lipinski definition) is 5. The minimum atomic E-state index is -0.836. The number of ether oxygens (including phenoxy) is 1. The number of aromatic nitrogens is 5. The number of rotatable bonds is 10. The number of tetrazole rings is 1. The Labute approximate surface area is 293 Å². The molecule has 0 bridgehead atoms. The van der Waals surface area contributed by atoms with Gasteiger partial charge in [-0.1, -0.05) is 146 Å². The summed E-state index contributed by atoms with van der Waals surface area (Å²) in [6.45, 7) is 2.66. The van der Waals surface area contributed by atoms with Crippen molar-refractivity contribution in [3.05, 3.63) is 185 Å². The van der Waals surface area contributed by atoms with Crippen molar-refractivity contribution in [1.29, 1.82) is 0 Å². The van der Waals surface area contributed by atoms with Crippen LogP contribution in [0.2, 0.25) is 0 Å². The Morgan fingerprint density at radius 3 is 1.86 bits per heavy atom. The zero-order chi connectivity index (χ0) is 33.8. The van der Waals surface area contributed by atoms with Gasteiger partial charge in [0.15, 0.2) is 5.54 Å². The Balaban J connectivity index is 1.13. The van der Waals surface area contributed by atoms with Gasteiger partial charge < -0.3 is 4.74 Å². The molecule has 0 amide bonds. The lowest BCUT2D eigenvalue weighted by molar-refractivity contribution is 0.300. The van der Waals surface area contributed by atoms with E-state index in [1.54, 1.807) is 4.80 Å². The molecule has 8 rings (SSSR count). The van der Waals surface area contributed by atoms with Gasteiger partial charge in [-0.3, -0.25) is 4.98 Å². The molecule has 1 aliphatic rings. The normalized spacial score (nSPS) is 12.7. The Hall–Kier alpha value is -5.88. The monoisotopic (exact) mass is 653 g/mol. The average Bonchev–Trinajstić information content (AvgIpc) is 3.69. The highest BCUT2D eigenvalue weighted by atomic mass is 16.5. The van der Waals surface area contributed by atoms with Crippen molar-refractivity contribution >= 4 is 0 Å². The summed E-state index contributed by atoms with van der Waals surface area (Å²) in [5, 5.41) is 14.7. The summed E-state index contributed by atoms with van der Waals surface area (Å²) in [6, 6.07) is 50.3. The third kappa shape index (κ3) is 5.87. The summed E-state index contributed by atoms with van der Waals surface area (Å²) in [5.41, 5.74) is 10.1. The number of benzene rings is 5. The molecule has 246 valence electrons. The summed E-state index contributed by atoms with van der Waals surface area (Å²) >= 11 is 0. The van der Waals surface area contributed by atoms with Gasteiger partial charge in [-0.25, -0.2) is 0 Å². The van der Waals surface area contributed by atoms with Gasteiger partial charge in [0, 0.05) is 28.6 Å². The molecular formula is C44H39N5O. The van der Waals surface area contributed by atoms with Crippen molar-refractivity contribution in [3.63, 3.8) is 0 Å². The first-order valence-electron chi connectivity index (χ1n) is 17.5. The van der Waals surface area contributed by atoms with Gasteiger partial charge in [-0.05, 0) is 70.7 Å². The Morgan fingerprint density at radius 1 is 0.660 bits per heavy atom. The Kier molecular flexibility index (Phi) is 8.74. The highest BCUT2D eigenvalue weighted by molar-refractivity contribution is 5.80. The fourth-order valence-electron chi connectivity index (χ4n) is 7.25. The summed E-state index contributed by atoms with van der Waals surface area (Å²) in [6.07, 6.45) is 5.39. The molecule has 1 aliphatic carbocycles. The molecule has 0 atom stereocenters. The lowest BCUT2D eigenvalue weighted by Gasteiger charge is -2.34. The molecule has 0 spiro atoms. The van der Waals surface area contributed by atoms with Crippen molar-refractivity contribution in [2.75, 3.05) is 0 Å². The Morgan fingerprint density at radius 2 is 1.24 bits per heavy atom. The molecule has 0 N–H and O–H groups in total. The van der Waals surface area contributed by atoms with Gasteiger partial charge >= 0.3 is 0 Å². The van der Waals surface area contributed by atoms with E-state index in [1.165, 1.54) is 24.1 Å². The van der Waals surface area contributed by atoms with E-state index in [0.29, 0.717) is 12.4 Å². The van der Waals surface area contributed by atoms with Gasteiger partial charge in [-0.2, -0.15) is 0 Å². The summed E-state index contributed by atoms with van der Waals surface area (Å²) in [5.74, 6) is 1.56. The number of hydrogen-bond donors (Lipinski definition) is 0. The molecule has 5 aromatic carbocycles. The molecule has 6 heteroatoms. The second-order valence-electron chi connectivity index (χ2n) is 12.8. The highest BCUT2D eigenvalue weighted by Gasteiger charge is 2.41. The summed E-state index contributed by atoms with van der Waals surface area (Å²) < 4.78 is 6.44. The van der Waals surface area contributed by atoms with Crippen LogP contribution in [0.15, 0.2) is 146 Å². The second-order valence-corrected chi connectivity index (χ2v) is 12.8. The van der Waals surface area contributed by atoms with Crippen LogP contribution < -0.4 is 4.74 Å². The zero-order valence-electron chi connectivity index (χ0n) is 28.2. The van der Waals surface area contributed by atoms with Crippen molar-refractivity contribution < 1.29 is 4.74 Å². The molecule has 2 heterocycles. The average molecular weight is 654 g/mol. The Bertz CT molecular complexity index is 2100. The molecule has 0 saturated carbocycles. The van der Waals surface area contributed by atoms with Crippen LogP contribution in [0.4, 0.5) is 0 Å². The fraction of sp³-hybridized carbons (Fsp3) is 0.182. The number of nitrogens with zero attached hydrogens (tertiary/aromatic N) is 5. The predicted octanol–water partition coefficient (Wildman–Crippen LogP) is 9.26. The minimum Gasteiger partial charge on any atom is -0.488 e. The van der Waals surface area contributed by atoms with Crippen LogP contribution in [0.25, 0.3) is 22.5 Å². The first-order valence-corrected chi connectivity index (χ1v) is 17.5. The molecule has 0 saturated heterocycles. The van der Waals surface area contributed by atoms with Gasteiger partial charge in [-0.15, -0.1) is 15.0 Å². The molecule has 2 aromatic heterocycles. The lowest BCUT2D eigenvalue weighted by atomic mass is 9.77. The van der Waals surface area contributed by atoms with Crippen molar-refractivity contribution in [1.82, 2.24) is 25.2 Å². The van der Waals surface area contributed by atoms with E-state index >= 15 is 0 Å².